The summed E-state index contributed by atoms with van der Waals surface area (Å²) in [4.78, 5) is 11.6. The van der Waals surface area contributed by atoms with Crippen LogP contribution in [0.4, 0.5) is 0 Å². The maximum Gasteiger partial charge on any atom is 0.180 e. The standard InChI is InChI=1S/C10H11N3O/c1-11-7-10(14)8-6-12-13-5-3-2-4-9(8)13/h2-6,11H,7H2,1H3. The van der Waals surface area contributed by atoms with Gasteiger partial charge in [-0.1, -0.05) is 6.07 Å². The van der Waals surface area contributed by atoms with Crippen molar-refractivity contribution in [3.05, 3.63) is 36.2 Å². The van der Waals surface area contributed by atoms with Crippen molar-refractivity contribution in [1.82, 2.24) is 14.9 Å². The van der Waals surface area contributed by atoms with Crippen LogP contribution in [0.25, 0.3) is 5.52 Å². The van der Waals surface area contributed by atoms with E-state index in [0.717, 1.165) is 5.52 Å². The Morgan fingerprint density at radius 2 is 2.43 bits per heavy atom. The Bertz CT molecular complexity index is 461. The Morgan fingerprint density at radius 1 is 1.57 bits per heavy atom. The van der Waals surface area contributed by atoms with Gasteiger partial charge in [0, 0.05) is 6.20 Å². The number of rotatable bonds is 3. The van der Waals surface area contributed by atoms with E-state index in [1.54, 1.807) is 17.8 Å². The van der Waals surface area contributed by atoms with Crippen molar-refractivity contribution in [2.75, 3.05) is 13.6 Å². The van der Waals surface area contributed by atoms with Crippen molar-refractivity contribution in [3.8, 4) is 0 Å². The lowest BCUT2D eigenvalue weighted by Crippen LogP contribution is -2.18. The summed E-state index contributed by atoms with van der Waals surface area (Å²) in [5.41, 5.74) is 1.52. The van der Waals surface area contributed by atoms with E-state index in [4.69, 9.17) is 0 Å². The Morgan fingerprint density at radius 3 is 3.21 bits per heavy atom. The number of hydrogen-bond acceptors (Lipinski definition) is 3. The maximum absolute atomic E-state index is 11.6. The lowest BCUT2D eigenvalue weighted by molar-refractivity contribution is 0.0995. The van der Waals surface area contributed by atoms with Gasteiger partial charge in [-0.3, -0.25) is 4.79 Å². The van der Waals surface area contributed by atoms with Gasteiger partial charge in [0.1, 0.15) is 0 Å². The Kier molecular flexibility index (Phi) is 2.28. The van der Waals surface area contributed by atoms with Crippen LogP contribution in [-0.4, -0.2) is 29.0 Å². The van der Waals surface area contributed by atoms with Crippen LogP contribution in [-0.2, 0) is 0 Å². The zero-order valence-electron chi connectivity index (χ0n) is 7.90. The molecular formula is C10H11N3O. The van der Waals surface area contributed by atoms with Crippen LogP contribution in [0.3, 0.4) is 0 Å². The topological polar surface area (TPSA) is 46.4 Å². The normalized spacial score (nSPS) is 10.6. The number of nitrogens with one attached hydrogen (secondary N) is 1. The van der Waals surface area contributed by atoms with Gasteiger partial charge in [0.15, 0.2) is 5.78 Å². The van der Waals surface area contributed by atoms with Crippen molar-refractivity contribution in [2.45, 2.75) is 0 Å². The Balaban J connectivity index is 2.47. The molecular weight excluding hydrogens is 178 g/mol. The molecule has 0 amide bonds. The van der Waals surface area contributed by atoms with Crippen LogP contribution < -0.4 is 5.32 Å². The average Bonchev–Trinajstić information content (AvgIpc) is 2.61. The SMILES string of the molecule is CNCC(=O)c1cnn2ccccc12. The van der Waals surface area contributed by atoms with Crippen molar-refractivity contribution in [1.29, 1.82) is 0 Å². The number of fused-ring (bicyclic) bond motifs is 1. The highest BCUT2D eigenvalue weighted by atomic mass is 16.1. The molecule has 0 aliphatic heterocycles. The monoisotopic (exact) mass is 189 g/mol. The van der Waals surface area contributed by atoms with Gasteiger partial charge < -0.3 is 5.32 Å². The molecule has 0 saturated heterocycles. The zero-order valence-corrected chi connectivity index (χ0v) is 7.90. The number of hydrogen-bond donors (Lipinski definition) is 1. The van der Waals surface area contributed by atoms with Gasteiger partial charge in [-0.2, -0.15) is 5.10 Å². The summed E-state index contributed by atoms with van der Waals surface area (Å²) in [5, 5.41) is 6.92. The second kappa shape index (κ2) is 3.59. The van der Waals surface area contributed by atoms with Crippen LogP contribution in [0.15, 0.2) is 30.6 Å². The molecule has 0 spiro atoms. The quantitative estimate of drug-likeness (QED) is 0.724. The molecule has 72 valence electrons. The molecule has 0 unspecified atom stereocenters. The molecule has 0 saturated carbocycles. The van der Waals surface area contributed by atoms with Gasteiger partial charge in [-0.05, 0) is 19.2 Å². The van der Waals surface area contributed by atoms with Crippen LogP contribution in [0.1, 0.15) is 10.4 Å². The molecule has 0 aliphatic carbocycles. The summed E-state index contributed by atoms with van der Waals surface area (Å²) in [6, 6.07) is 5.66. The first-order valence-corrected chi connectivity index (χ1v) is 4.43. The van der Waals surface area contributed by atoms with E-state index in [2.05, 4.69) is 10.4 Å². The van der Waals surface area contributed by atoms with Crippen molar-refractivity contribution < 1.29 is 4.79 Å². The summed E-state index contributed by atoms with van der Waals surface area (Å²) in [6.07, 6.45) is 3.43. The van der Waals surface area contributed by atoms with Crippen LogP contribution in [0.2, 0.25) is 0 Å². The lowest BCUT2D eigenvalue weighted by atomic mass is 10.2. The minimum Gasteiger partial charge on any atom is -0.313 e. The first kappa shape index (κ1) is 8.90. The van der Waals surface area contributed by atoms with Gasteiger partial charge in [0.05, 0.1) is 23.8 Å². The second-order valence-corrected chi connectivity index (χ2v) is 3.04. The van der Waals surface area contributed by atoms with E-state index >= 15 is 0 Å². The van der Waals surface area contributed by atoms with Gasteiger partial charge in [-0.25, -0.2) is 4.52 Å². The molecule has 0 aliphatic rings. The molecule has 0 aromatic carbocycles. The third kappa shape index (κ3) is 1.40. The van der Waals surface area contributed by atoms with Crippen molar-refractivity contribution >= 4 is 11.3 Å². The summed E-state index contributed by atoms with van der Waals surface area (Å²) in [7, 11) is 1.75. The molecule has 14 heavy (non-hydrogen) atoms. The third-order valence-corrected chi connectivity index (χ3v) is 2.06. The van der Waals surface area contributed by atoms with Crippen molar-refractivity contribution in [2.24, 2.45) is 0 Å². The van der Waals surface area contributed by atoms with Gasteiger partial charge in [0.25, 0.3) is 0 Å². The smallest absolute Gasteiger partial charge is 0.180 e. The highest BCUT2D eigenvalue weighted by molar-refractivity contribution is 6.03. The fraction of sp³-hybridized carbons (Fsp3) is 0.200. The molecule has 0 bridgehead atoms. The number of aromatic nitrogens is 2. The lowest BCUT2D eigenvalue weighted by Gasteiger charge is -1.97. The first-order valence-electron chi connectivity index (χ1n) is 4.43. The minimum absolute atomic E-state index is 0.0636. The van der Waals surface area contributed by atoms with Gasteiger partial charge >= 0.3 is 0 Å². The second-order valence-electron chi connectivity index (χ2n) is 3.04. The van der Waals surface area contributed by atoms with E-state index in [0.29, 0.717) is 12.1 Å². The molecule has 0 radical (unpaired) electrons. The number of Topliss-reactive ketones (excluding diaryl/α,β-unsaturated/α-hetero) is 1. The number of carbonyl (C=O) groups is 1. The molecule has 2 rings (SSSR count). The largest absolute Gasteiger partial charge is 0.313 e. The molecule has 4 nitrogen and oxygen atoms in total. The predicted octanol–water partition coefficient (Wildman–Crippen LogP) is 0.736. The summed E-state index contributed by atoms with van der Waals surface area (Å²) >= 11 is 0. The number of carbonyl (C=O) groups excluding carboxylic acids is 1. The highest BCUT2D eigenvalue weighted by Gasteiger charge is 2.10. The zero-order chi connectivity index (χ0) is 9.97. The Labute approximate surface area is 81.5 Å². The first-order chi connectivity index (χ1) is 6.83. The predicted molar refractivity (Wildman–Crippen MR) is 53.4 cm³/mol. The third-order valence-electron chi connectivity index (χ3n) is 2.06. The van der Waals surface area contributed by atoms with E-state index in [9.17, 15) is 4.79 Å². The summed E-state index contributed by atoms with van der Waals surface area (Å²) in [5.74, 6) is 0.0636. The highest BCUT2D eigenvalue weighted by Crippen LogP contribution is 2.09. The van der Waals surface area contributed by atoms with Crippen molar-refractivity contribution in [3.63, 3.8) is 0 Å². The molecule has 2 heterocycles. The number of nitrogens with zero attached hydrogens (tertiary/aromatic N) is 2. The number of ketones is 1. The van der Waals surface area contributed by atoms with E-state index < -0.39 is 0 Å². The van der Waals surface area contributed by atoms with Crippen LogP contribution in [0.5, 0.6) is 0 Å². The Hall–Kier alpha value is -1.68. The molecule has 0 atom stereocenters. The summed E-state index contributed by atoms with van der Waals surface area (Å²) in [6.45, 7) is 0.343. The molecule has 2 aromatic rings. The van der Waals surface area contributed by atoms with E-state index in [1.165, 1.54) is 0 Å². The average molecular weight is 189 g/mol. The van der Waals surface area contributed by atoms with Gasteiger partial charge in [0.2, 0.25) is 0 Å². The fourth-order valence-electron chi connectivity index (χ4n) is 1.41. The van der Waals surface area contributed by atoms with Crippen LogP contribution in [0, 0.1) is 0 Å². The number of pyridine rings is 1. The molecule has 0 fully saturated rings. The molecule has 1 N–H and O–H groups in total. The van der Waals surface area contributed by atoms with Crippen LogP contribution >= 0.6 is 0 Å². The fourth-order valence-corrected chi connectivity index (χ4v) is 1.41. The molecule has 2 aromatic heterocycles. The number of likely N-dealkylation sites (N-methyl/N-ethyl adjacent to an activating group) is 1. The minimum atomic E-state index is 0.0636. The van der Waals surface area contributed by atoms with E-state index in [1.807, 2.05) is 24.4 Å². The maximum atomic E-state index is 11.6. The van der Waals surface area contributed by atoms with E-state index in [-0.39, 0.29) is 5.78 Å². The molecule has 4 heteroatoms. The summed E-state index contributed by atoms with van der Waals surface area (Å²) < 4.78 is 1.70. The van der Waals surface area contributed by atoms with Gasteiger partial charge in [-0.15, -0.1) is 0 Å².